The highest BCUT2D eigenvalue weighted by Gasteiger charge is 2.11. The molecule has 35 heavy (non-hydrogen) atoms. The van der Waals surface area contributed by atoms with Crippen LogP contribution in [0.25, 0.3) is 10.2 Å². The number of hydrazone groups is 1. The number of hydrogen-bond donors (Lipinski definition) is 1. The Balaban J connectivity index is 1.36. The van der Waals surface area contributed by atoms with E-state index >= 15 is 0 Å². The second kappa shape index (κ2) is 11.0. The lowest BCUT2D eigenvalue weighted by Crippen LogP contribution is -2.29. The maximum absolute atomic E-state index is 12.6. The fourth-order valence-electron chi connectivity index (χ4n) is 3.39. The van der Waals surface area contributed by atoms with Crippen LogP contribution in [0.2, 0.25) is 0 Å². The van der Waals surface area contributed by atoms with E-state index in [9.17, 15) is 9.59 Å². The van der Waals surface area contributed by atoms with Gasteiger partial charge in [0, 0.05) is 4.88 Å². The number of rotatable bonds is 9. The van der Waals surface area contributed by atoms with Crippen LogP contribution in [0.1, 0.15) is 28.5 Å². The monoisotopic (exact) mass is 490 g/mol. The van der Waals surface area contributed by atoms with Crippen LogP contribution in [0, 0.1) is 6.92 Å². The molecule has 0 saturated carbocycles. The smallest absolute Gasteiger partial charge is 0.262 e. The number of methoxy groups -OCH3 is 1. The Kier molecular flexibility index (Phi) is 7.57. The van der Waals surface area contributed by atoms with E-state index in [0.717, 1.165) is 22.4 Å². The van der Waals surface area contributed by atoms with E-state index in [2.05, 4.69) is 15.5 Å². The van der Waals surface area contributed by atoms with Crippen LogP contribution in [0.5, 0.6) is 11.5 Å². The zero-order valence-corrected chi connectivity index (χ0v) is 20.6. The van der Waals surface area contributed by atoms with Crippen LogP contribution in [0.4, 0.5) is 0 Å². The summed E-state index contributed by atoms with van der Waals surface area (Å²) in [7, 11) is 1.57. The molecule has 8 nitrogen and oxygen atoms in total. The van der Waals surface area contributed by atoms with Crippen molar-refractivity contribution in [2.75, 3.05) is 7.11 Å². The highest BCUT2D eigenvalue weighted by atomic mass is 32.1. The van der Waals surface area contributed by atoms with Gasteiger partial charge in [0.1, 0.15) is 18.0 Å². The largest absolute Gasteiger partial charge is 0.493 e. The van der Waals surface area contributed by atoms with Gasteiger partial charge in [-0.1, -0.05) is 36.8 Å². The van der Waals surface area contributed by atoms with Gasteiger partial charge in [0.05, 0.1) is 25.0 Å². The number of ether oxygens (including phenoxy) is 2. The number of nitrogens with one attached hydrogen (secondary N) is 1. The van der Waals surface area contributed by atoms with Gasteiger partial charge in [0.25, 0.3) is 11.5 Å². The van der Waals surface area contributed by atoms with Crippen molar-refractivity contribution in [1.82, 2.24) is 15.0 Å². The molecule has 2 heterocycles. The van der Waals surface area contributed by atoms with Crippen molar-refractivity contribution in [3.8, 4) is 11.5 Å². The van der Waals surface area contributed by atoms with Crippen LogP contribution in [0.3, 0.4) is 0 Å². The van der Waals surface area contributed by atoms with Gasteiger partial charge in [-0.15, -0.1) is 11.3 Å². The minimum Gasteiger partial charge on any atom is -0.493 e. The summed E-state index contributed by atoms with van der Waals surface area (Å²) >= 11 is 1.49. The molecule has 0 aliphatic carbocycles. The van der Waals surface area contributed by atoms with E-state index in [0.29, 0.717) is 28.3 Å². The van der Waals surface area contributed by atoms with E-state index in [4.69, 9.17) is 9.47 Å². The third-order valence-corrected chi connectivity index (χ3v) is 6.52. The first kappa shape index (κ1) is 24.2. The van der Waals surface area contributed by atoms with Crippen molar-refractivity contribution >= 4 is 33.7 Å². The number of amides is 1. The van der Waals surface area contributed by atoms with Gasteiger partial charge in [0.2, 0.25) is 0 Å². The molecule has 4 aromatic rings. The van der Waals surface area contributed by atoms with Crippen LogP contribution in [-0.2, 0) is 24.4 Å². The Labute approximate surface area is 206 Å². The summed E-state index contributed by atoms with van der Waals surface area (Å²) in [5.74, 6) is 0.733. The Morgan fingerprint density at radius 1 is 1.17 bits per heavy atom. The fraction of sp³-hybridized carbons (Fsp3) is 0.231. The van der Waals surface area contributed by atoms with Gasteiger partial charge in [-0.3, -0.25) is 14.2 Å². The Morgan fingerprint density at radius 3 is 2.71 bits per heavy atom. The lowest BCUT2D eigenvalue weighted by atomic mass is 10.2. The molecule has 0 atom stereocenters. The average molecular weight is 491 g/mol. The molecule has 0 spiro atoms. The van der Waals surface area contributed by atoms with E-state index in [-0.39, 0.29) is 12.1 Å². The highest BCUT2D eigenvalue weighted by molar-refractivity contribution is 7.18. The standard InChI is InChI=1S/C26H26N4O4S/c1-4-20-12-21-25(35-20)27-16-30(26(21)32)14-24(31)29-28-13-19-9-10-22(23(11-19)33-3)34-15-18-7-5-17(2)6-8-18/h5-13,16H,4,14-15H2,1-3H3,(H,29,31)/b28-13-. The molecule has 9 heteroatoms. The van der Waals surface area contributed by atoms with Crippen LogP contribution in [-0.4, -0.2) is 28.8 Å². The molecule has 4 rings (SSSR count). The summed E-state index contributed by atoms with van der Waals surface area (Å²) in [6.45, 7) is 4.31. The lowest BCUT2D eigenvalue weighted by molar-refractivity contribution is -0.121. The van der Waals surface area contributed by atoms with Gasteiger partial charge in [-0.2, -0.15) is 5.10 Å². The number of carbonyl (C=O) groups excluding carboxylic acids is 1. The molecule has 2 aromatic carbocycles. The molecular formula is C26H26N4O4S. The van der Waals surface area contributed by atoms with E-state index in [1.165, 1.54) is 34.0 Å². The van der Waals surface area contributed by atoms with E-state index < -0.39 is 5.91 Å². The maximum Gasteiger partial charge on any atom is 0.262 e. The summed E-state index contributed by atoms with van der Waals surface area (Å²) in [6, 6.07) is 15.3. The zero-order valence-electron chi connectivity index (χ0n) is 19.8. The highest BCUT2D eigenvalue weighted by Crippen LogP contribution is 2.28. The van der Waals surface area contributed by atoms with E-state index in [1.54, 1.807) is 19.2 Å². The summed E-state index contributed by atoms with van der Waals surface area (Å²) < 4.78 is 12.6. The number of benzene rings is 2. The van der Waals surface area contributed by atoms with Crippen LogP contribution in [0.15, 0.2) is 64.8 Å². The fourth-order valence-corrected chi connectivity index (χ4v) is 4.32. The van der Waals surface area contributed by atoms with Crippen molar-refractivity contribution in [3.05, 3.63) is 86.8 Å². The second-order valence-electron chi connectivity index (χ2n) is 7.94. The van der Waals surface area contributed by atoms with E-state index in [1.807, 2.05) is 50.2 Å². The number of nitrogens with zero attached hydrogens (tertiary/aromatic N) is 3. The SMILES string of the molecule is CCc1cc2c(=O)n(CC(=O)N/N=C\c3ccc(OCc4ccc(C)cc4)c(OC)c3)cnc2s1. The number of aromatic nitrogens is 2. The molecule has 0 aliphatic rings. The number of hydrogen-bond acceptors (Lipinski definition) is 7. The molecule has 2 aromatic heterocycles. The van der Waals surface area contributed by atoms with Gasteiger partial charge >= 0.3 is 0 Å². The summed E-state index contributed by atoms with van der Waals surface area (Å²) in [5.41, 5.74) is 5.18. The van der Waals surface area contributed by atoms with Crippen molar-refractivity contribution in [2.24, 2.45) is 5.10 Å². The van der Waals surface area contributed by atoms with Gasteiger partial charge in [-0.05, 0) is 48.7 Å². The van der Waals surface area contributed by atoms with Gasteiger partial charge < -0.3 is 9.47 Å². The third-order valence-electron chi connectivity index (χ3n) is 5.34. The van der Waals surface area contributed by atoms with Crippen LogP contribution < -0.4 is 20.5 Å². The van der Waals surface area contributed by atoms with Crippen LogP contribution >= 0.6 is 11.3 Å². The first-order chi connectivity index (χ1) is 17.0. The first-order valence-corrected chi connectivity index (χ1v) is 11.9. The zero-order chi connectivity index (χ0) is 24.8. The first-order valence-electron chi connectivity index (χ1n) is 11.1. The average Bonchev–Trinajstić information content (AvgIpc) is 3.30. The summed E-state index contributed by atoms with van der Waals surface area (Å²) in [4.78, 5) is 31.0. The number of carbonyl (C=O) groups is 1. The Hall–Kier alpha value is -3.98. The number of thiophene rings is 1. The number of aryl methyl sites for hydroxylation is 2. The number of fused-ring (bicyclic) bond motifs is 1. The molecular weight excluding hydrogens is 464 g/mol. The topological polar surface area (TPSA) is 94.8 Å². The minimum absolute atomic E-state index is 0.175. The van der Waals surface area contributed by atoms with Crippen molar-refractivity contribution < 1.29 is 14.3 Å². The Morgan fingerprint density at radius 2 is 1.97 bits per heavy atom. The van der Waals surface area contributed by atoms with Crippen molar-refractivity contribution in [1.29, 1.82) is 0 Å². The predicted octanol–water partition coefficient (Wildman–Crippen LogP) is 4.07. The van der Waals surface area contributed by atoms with Crippen molar-refractivity contribution in [2.45, 2.75) is 33.4 Å². The molecule has 1 N–H and O–H groups in total. The quantitative estimate of drug-likeness (QED) is 0.282. The third kappa shape index (κ3) is 5.93. The molecule has 1 amide bonds. The molecule has 180 valence electrons. The van der Waals surface area contributed by atoms with Gasteiger partial charge in [0.15, 0.2) is 11.5 Å². The molecule has 0 aliphatic heterocycles. The maximum atomic E-state index is 12.6. The summed E-state index contributed by atoms with van der Waals surface area (Å²) in [6.07, 6.45) is 3.73. The molecule has 0 radical (unpaired) electrons. The predicted molar refractivity (Wildman–Crippen MR) is 137 cm³/mol. The molecule has 0 unspecified atom stereocenters. The minimum atomic E-state index is -0.430. The molecule has 0 fully saturated rings. The second-order valence-corrected chi connectivity index (χ2v) is 9.06. The Bertz CT molecular complexity index is 1420. The molecule has 0 bridgehead atoms. The summed E-state index contributed by atoms with van der Waals surface area (Å²) in [5, 5.41) is 4.53. The van der Waals surface area contributed by atoms with Gasteiger partial charge in [-0.25, -0.2) is 10.4 Å². The molecule has 0 saturated heterocycles. The van der Waals surface area contributed by atoms with Crippen molar-refractivity contribution in [3.63, 3.8) is 0 Å². The normalized spacial score (nSPS) is 11.2. The lowest BCUT2D eigenvalue weighted by Gasteiger charge is -2.11.